The largest absolute Gasteiger partial charge is 0.478 e. The second-order valence-corrected chi connectivity index (χ2v) is 13.2. The van der Waals surface area contributed by atoms with Gasteiger partial charge in [0.15, 0.2) is 5.78 Å². The first-order chi connectivity index (χ1) is 20.7. The topological polar surface area (TPSA) is 54.4 Å². The Morgan fingerprint density at radius 1 is 0.791 bits per heavy atom. The molecule has 0 spiro atoms. The second-order valence-electron chi connectivity index (χ2n) is 10.8. The second kappa shape index (κ2) is 12.9. The minimum Gasteiger partial charge on any atom is -0.478 e. The molecule has 0 aliphatic heterocycles. The van der Waals surface area contributed by atoms with Crippen LogP contribution in [0.4, 0.5) is 0 Å². The molecule has 0 fully saturated rings. The maximum Gasteiger partial charge on any atom is 0.330 e. The first-order valence-corrected chi connectivity index (χ1v) is 15.9. The molecule has 0 saturated carbocycles. The molecule has 1 N–H and O–H groups in total. The molecule has 1 atom stereocenters. The van der Waals surface area contributed by atoms with E-state index in [1.807, 2.05) is 18.3 Å². The van der Waals surface area contributed by atoms with E-state index in [-0.39, 0.29) is 11.5 Å². The van der Waals surface area contributed by atoms with Crippen molar-refractivity contribution in [3.8, 4) is 22.3 Å². The minimum absolute atomic E-state index is 0.139. The molecule has 2 heterocycles. The summed E-state index contributed by atoms with van der Waals surface area (Å²) in [4.78, 5) is 25.5. The van der Waals surface area contributed by atoms with Crippen molar-refractivity contribution in [2.45, 2.75) is 34.1 Å². The number of carboxylic acids is 1. The molecule has 0 radical (unpaired) electrons. The Morgan fingerprint density at radius 3 is 1.88 bits per heavy atom. The van der Waals surface area contributed by atoms with Crippen LogP contribution in [0.15, 0.2) is 109 Å². The summed E-state index contributed by atoms with van der Waals surface area (Å²) in [6.45, 7) is 11.0. The Labute approximate surface area is 260 Å². The Hall–Kier alpha value is -4.32. The summed E-state index contributed by atoms with van der Waals surface area (Å²) < 4.78 is 0. The monoisotopic (exact) mass is 602 g/mol. The van der Waals surface area contributed by atoms with Gasteiger partial charge in [-0.25, -0.2) is 4.79 Å². The maximum absolute atomic E-state index is 12.3. The van der Waals surface area contributed by atoms with Crippen molar-refractivity contribution in [1.29, 1.82) is 0 Å². The lowest BCUT2D eigenvalue weighted by Crippen LogP contribution is -2.02. The third kappa shape index (κ3) is 6.24. The fourth-order valence-electron chi connectivity index (χ4n) is 5.53. The van der Waals surface area contributed by atoms with E-state index in [9.17, 15) is 9.59 Å². The molecule has 1 aliphatic carbocycles. The van der Waals surface area contributed by atoms with E-state index < -0.39 is 5.97 Å². The molecule has 7 rings (SSSR count). The highest BCUT2D eigenvalue weighted by Crippen LogP contribution is 2.44. The van der Waals surface area contributed by atoms with Crippen LogP contribution < -0.4 is 0 Å². The zero-order valence-corrected chi connectivity index (χ0v) is 26.4. The number of ketones is 1. The molecular formula is C38H34O3S2. The van der Waals surface area contributed by atoms with Crippen LogP contribution >= 0.6 is 22.7 Å². The fourth-order valence-corrected chi connectivity index (χ4v) is 7.49. The molecule has 43 heavy (non-hydrogen) atoms. The average molecular weight is 603 g/mol. The van der Waals surface area contributed by atoms with Crippen molar-refractivity contribution >= 4 is 56.0 Å². The summed E-state index contributed by atoms with van der Waals surface area (Å²) in [5.41, 5.74) is 6.72. The molecule has 6 aromatic rings. The Morgan fingerprint density at radius 2 is 1.33 bits per heavy atom. The van der Waals surface area contributed by atoms with Crippen molar-refractivity contribution in [2.75, 3.05) is 0 Å². The van der Waals surface area contributed by atoms with Gasteiger partial charge in [0.2, 0.25) is 0 Å². The summed E-state index contributed by atoms with van der Waals surface area (Å²) in [6.07, 6.45) is 0.886. The number of carbonyl (C=O) groups is 2. The summed E-state index contributed by atoms with van der Waals surface area (Å²) in [7, 11) is 0. The van der Waals surface area contributed by atoms with E-state index in [2.05, 4.69) is 117 Å². The smallest absolute Gasteiger partial charge is 0.330 e. The van der Waals surface area contributed by atoms with E-state index in [1.54, 1.807) is 11.3 Å². The van der Waals surface area contributed by atoms with Gasteiger partial charge in [-0.15, -0.1) is 22.7 Å². The number of thiophene rings is 2. The van der Waals surface area contributed by atoms with Crippen molar-refractivity contribution in [3.05, 3.63) is 129 Å². The molecule has 0 bridgehead atoms. The fraction of sp³-hybridized carbons (Fsp3) is 0.158. The number of Topliss-reactive ketones (excluding diaryl/α,β-unsaturated/α-hetero) is 1. The molecule has 1 unspecified atom stereocenters. The predicted molar refractivity (Wildman–Crippen MR) is 184 cm³/mol. The van der Waals surface area contributed by atoms with Crippen LogP contribution in [0, 0.1) is 19.8 Å². The first kappa shape index (κ1) is 30.1. The van der Waals surface area contributed by atoms with E-state index in [1.165, 1.54) is 66.0 Å². The lowest BCUT2D eigenvalue weighted by atomic mass is 9.94. The molecule has 3 nitrogen and oxygen atoms in total. The van der Waals surface area contributed by atoms with Crippen LogP contribution in [0.1, 0.15) is 38.8 Å². The summed E-state index contributed by atoms with van der Waals surface area (Å²) in [6, 6.07) is 32.2. The zero-order valence-electron chi connectivity index (χ0n) is 24.8. The zero-order chi connectivity index (χ0) is 30.7. The molecule has 0 amide bonds. The number of fused-ring (bicyclic) bond motifs is 3. The van der Waals surface area contributed by atoms with Gasteiger partial charge in [-0.1, -0.05) is 98.4 Å². The van der Waals surface area contributed by atoms with Gasteiger partial charge in [0.05, 0.1) is 4.88 Å². The molecule has 4 aromatic carbocycles. The molecule has 1 aliphatic rings. The third-order valence-corrected chi connectivity index (χ3v) is 9.74. The van der Waals surface area contributed by atoms with E-state index in [0.29, 0.717) is 5.78 Å². The average Bonchev–Trinajstić information content (AvgIpc) is 3.66. The molecule has 0 saturated heterocycles. The standard InChI is InChI=1S/C19H16OS.C15H12S.C4H6O2/c1-11-10-16-17(12(2)21-19(16)18(11)20)15-9-5-7-13-6-3-4-8-14(13)15;1-11-13(9-10-16-11)15-8-4-6-12-5-2-3-7-14(12)15;1-3(2)4(5)6/h3-9,11H,10H2,1-2H3;2-10H,1H3;1H2,2H3,(H,5,6). The van der Waals surface area contributed by atoms with Crippen LogP contribution in [0.2, 0.25) is 0 Å². The number of carbonyl (C=O) groups excluding carboxylic acids is 1. The van der Waals surface area contributed by atoms with Gasteiger partial charge in [-0.05, 0) is 88.0 Å². The number of aryl methyl sites for hydroxylation is 2. The molecule has 2 aromatic heterocycles. The number of hydrogen-bond acceptors (Lipinski definition) is 4. The van der Waals surface area contributed by atoms with Crippen LogP contribution in [0.5, 0.6) is 0 Å². The van der Waals surface area contributed by atoms with Crippen LogP contribution in [-0.4, -0.2) is 16.9 Å². The molecule has 5 heteroatoms. The number of carboxylic acid groups (broad SMARTS) is 1. The lowest BCUT2D eigenvalue weighted by molar-refractivity contribution is -0.132. The van der Waals surface area contributed by atoms with Gasteiger partial charge in [0, 0.05) is 21.2 Å². The van der Waals surface area contributed by atoms with Gasteiger partial charge in [-0.3, -0.25) is 4.79 Å². The number of hydrogen-bond donors (Lipinski definition) is 1. The highest BCUT2D eigenvalue weighted by Gasteiger charge is 2.33. The van der Waals surface area contributed by atoms with Gasteiger partial charge in [-0.2, -0.15) is 0 Å². The van der Waals surface area contributed by atoms with Gasteiger partial charge in [0.25, 0.3) is 0 Å². The van der Waals surface area contributed by atoms with Crippen LogP contribution in [0.3, 0.4) is 0 Å². The van der Waals surface area contributed by atoms with Gasteiger partial charge < -0.3 is 5.11 Å². The normalized spacial score (nSPS) is 13.6. The van der Waals surface area contributed by atoms with Crippen molar-refractivity contribution in [3.63, 3.8) is 0 Å². The molecule has 216 valence electrons. The van der Waals surface area contributed by atoms with E-state index >= 15 is 0 Å². The number of aliphatic carboxylic acids is 1. The summed E-state index contributed by atoms with van der Waals surface area (Å²) >= 11 is 3.48. The van der Waals surface area contributed by atoms with Gasteiger partial charge >= 0.3 is 5.97 Å². The van der Waals surface area contributed by atoms with Gasteiger partial charge in [0.1, 0.15) is 0 Å². The van der Waals surface area contributed by atoms with Crippen LogP contribution in [0.25, 0.3) is 43.8 Å². The first-order valence-electron chi connectivity index (χ1n) is 14.2. The highest BCUT2D eigenvalue weighted by atomic mass is 32.1. The Bertz CT molecular complexity index is 1950. The number of rotatable bonds is 3. The number of benzene rings is 4. The highest BCUT2D eigenvalue weighted by molar-refractivity contribution is 7.15. The maximum atomic E-state index is 12.3. The van der Waals surface area contributed by atoms with Crippen molar-refractivity contribution in [1.82, 2.24) is 0 Å². The summed E-state index contributed by atoms with van der Waals surface area (Å²) in [5, 5.41) is 15.2. The Balaban J connectivity index is 0.000000148. The van der Waals surface area contributed by atoms with Crippen molar-refractivity contribution < 1.29 is 14.7 Å². The molecular weight excluding hydrogens is 569 g/mol. The van der Waals surface area contributed by atoms with Crippen molar-refractivity contribution in [2.24, 2.45) is 5.92 Å². The third-order valence-electron chi connectivity index (χ3n) is 7.73. The Kier molecular flexibility index (Phi) is 9.05. The minimum atomic E-state index is -0.935. The summed E-state index contributed by atoms with van der Waals surface area (Å²) in [5.74, 6) is -0.472. The van der Waals surface area contributed by atoms with Crippen LogP contribution in [-0.2, 0) is 11.2 Å². The SMILES string of the molecule is C=C(C)C(=O)O.Cc1sc2c(c1-c1cccc3ccccc13)CC(C)C2=O.Cc1sccc1-c1cccc2ccccc12. The van der Waals surface area contributed by atoms with E-state index in [0.717, 1.165) is 11.3 Å². The predicted octanol–water partition coefficient (Wildman–Crippen LogP) is 10.8. The quantitative estimate of drug-likeness (QED) is 0.205. The van der Waals surface area contributed by atoms with E-state index in [4.69, 9.17) is 5.11 Å². The lowest BCUT2D eigenvalue weighted by Gasteiger charge is -2.09.